The van der Waals surface area contributed by atoms with Crippen LogP contribution in [0.25, 0.3) is 33.6 Å². The number of esters is 1. The maximum atomic E-state index is 14.0. The molecule has 0 bridgehead atoms. The number of H-pyrrole nitrogens is 2. The summed E-state index contributed by atoms with van der Waals surface area (Å²) in [4.78, 5) is 72.4. The first kappa shape index (κ1) is 39.4. The molecule has 6 aromatic rings. The lowest BCUT2D eigenvalue weighted by molar-refractivity contribution is -0.144. The van der Waals surface area contributed by atoms with Crippen LogP contribution in [0.3, 0.4) is 0 Å². The Morgan fingerprint density at radius 2 is 1.41 bits per heavy atom. The topological polar surface area (TPSA) is 172 Å². The highest BCUT2D eigenvalue weighted by Crippen LogP contribution is 2.46. The van der Waals surface area contributed by atoms with E-state index in [9.17, 15) is 19.2 Å². The van der Waals surface area contributed by atoms with Crippen LogP contribution in [0.5, 0.6) is 0 Å². The summed E-state index contributed by atoms with van der Waals surface area (Å²) >= 11 is 0. The highest BCUT2D eigenvalue weighted by atomic mass is 16.5. The number of amides is 3. The summed E-state index contributed by atoms with van der Waals surface area (Å²) in [6, 6.07) is 29.9. The van der Waals surface area contributed by atoms with Crippen molar-refractivity contribution < 1.29 is 33.4 Å². The molecule has 2 aromatic heterocycles. The van der Waals surface area contributed by atoms with Crippen molar-refractivity contribution in [2.45, 2.75) is 43.8 Å². The number of benzene rings is 4. The third kappa shape index (κ3) is 7.77. The van der Waals surface area contributed by atoms with E-state index in [0.717, 1.165) is 56.9 Å². The van der Waals surface area contributed by atoms with Crippen LogP contribution in [0, 0.1) is 5.92 Å². The van der Waals surface area contributed by atoms with E-state index in [1.165, 1.54) is 14.2 Å². The van der Waals surface area contributed by atoms with Gasteiger partial charge in [0.05, 0.1) is 69.4 Å². The van der Waals surface area contributed by atoms with Gasteiger partial charge < -0.3 is 39.3 Å². The second-order valence-electron chi connectivity index (χ2n) is 15.5. The Balaban J connectivity index is 0.889. The zero-order chi connectivity index (χ0) is 42.0. The van der Waals surface area contributed by atoms with Crippen molar-refractivity contribution in [3.05, 3.63) is 138 Å². The number of aromatic amines is 2. The van der Waals surface area contributed by atoms with E-state index in [1.807, 2.05) is 47.5 Å². The Hall–Kier alpha value is -7.06. The molecule has 0 saturated carbocycles. The molecule has 3 amide bonds. The average molecular weight is 820 g/mol. The van der Waals surface area contributed by atoms with Gasteiger partial charge in [0.1, 0.15) is 23.7 Å². The first-order valence-corrected chi connectivity index (χ1v) is 20.4. The Labute approximate surface area is 352 Å². The lowest BCUT2D eigenvalue weighted by Crippen LogP contribution is -2.49. The zero-order valence-corrected chi connectivity index (χ0v) is 33.8. The fourth-order valence-corrected chi connectivity index (χ4v) is 8.74. The Kier molecular flexibility index (Phi) is 10.9. The second kappa shape index (κ2) is 16.9. The number of alkyl carbamates (subject to hydrolysis) is 1. The van der Waals surface area contributed by atoms with Gasteiger partial charge >= 0.3 is 12.1 Å². The maximum Gasteiger partial charge on any atom is 0.407 e. The normalized spacial score (nSPS) is 18.9. The van der Waals surface area contributed by atoms with Crippen molar-refractivity contribution in [1.82, 2.24) is 30.2 Å². The Bertz CT molecular complexity index is 2570. The minimum Gasteiger partial charge on any atom is -0.469 e. The van der Waals surface area contributed by atoms with Crippen molar-refractivity contribution in [3.63, 3.8) is 0 Å². The zero-order valence-electron chi connectivity index (χ0n) is 33.8. The van der Waals surface area contributed by atoms with Gasteiger partial charge in [-0.25, -0.2) is 14.8 Å². The summed E-state index contributed by atoms with van der Waals surface area (Å²) in [6.45, 7) is 0.940. The number of rotatable bonds is 10. The third-order valence-corrected chi connectivity index (χ3v) is 11.9. The molecule has 1 fully saturated rings. The number of carbonyl (C=O) groups excluding carboxylic acids is 4. The largest absolute Gasteiger partial charge is 0.469 e. The van der Waals surface area contributed by atoms with Gasteiger partial charge in [0.25, 0.3) is 5.91 Å². The number of ether oxygens (including phenoxy) is 3. The number of nitrogens with zero attached hydrogens (tertiary/aromatic N) is 4. The number of para-hydroxylation sites is 1. The van der Waals surface area contributed by atoms with Crippen molar-refractivity contribution in [3.8, 4) is 33.6 Å². The predicted molar refractivity (Wildman–Crippen MR) is 226 cm³/mol. The number of hydrogen-bond donors (Lipinski definition) is 3. The van der Waals surface area contributed by atoms with E-state index in [-0.39, 0.29) is 36.9 Å². The molecule has 14 heteroatoms. The minimum atomic E-state index is -0.942. The van der Waals surface area contributed by atoms with Crippen LogP contribution in [0.4, 0.5) is 10.5 Å². The van der Waals surface area contributed by atoms with Crippen LogP contribution >= 0.6 is 0 Å². The number of nitrogens with one attached hydrogen (secondary N) is 3. The van der Waals surface area contributed by atoms with E-state index < -0.39 is 24.1 Å². The lowest BCUT2D eigenvalue weighted by atomic mass is 9.95. The molecule has 3 aliphatic heterocycles. The maximum absolute atomic E-state index is 14.0. The van der Waals surface area contributed by atoms with Gasteiger partial charge in [-0.2, -0.15) is 0 Å². The fourth-order valence-electron chi connectivity index (χ4n) is 8.74. The van der Waals surface area contributed by atoms with Gasteiger partial charge in [-0.1, -0.05) is 97.1 Å². The monoisotopic (exact) mass is 819 g/mol. The van der Waals surface area contributed by atoms with Gasteiger partial charge in [0.2, 0.25) is 5.91 Å². The summed E-state index contributed by atoms with van der Waals surface area (Å²) < 4.78 is 15.6. The lowest BCUT2D eigenvalue weighted by Gasteiger charge is -2.36. The van der Waals surface area contributed by atoms with Crippen molar-refractivity contribution in [2.24, 2.45) is 5.92 Å². The average Bonchev–Trinajstić information content (AvgIpc) is 4.08. The van der Waals surface area contributed by atoms with Gasteiger partial charge in [-0.05, 0) is 51.8 Å². The van der Waals surface area contributed by atoms with Crippen LogP contribution < -0.4 is 10.2 Å². The van der Waals surface area contributed by atoms with Crippen LogP contribution in [0.15, 0.2) is 109 Å². The summed E-state index contributed by atoms with van der Waals surface area (Å²) in [5.74, 6) is 0.0860. The van der Waals surface area contributed by atoms with Gasteiger partial charge in [0.15, 0.2) is 0 Å². The summed E-state index contributed by atoms with van der Waals surface area (Å²) in [5.41, 5.74) is 9.40. The molecular weight excluding hydrogens is 775 g/mol. The van der Waals surface area contributed by atoms with E-state index in [0.29, 0.717) is 43.2 Å². The number of anilines is 1. The number of hydrogen-bond acceptors (Lipinski definition) is 9. The smallest absolute Gasteiger partial charge is 0.407 e. The Morgan fingerprint density at radius 3 is 2.05 bits per heavy atom. The number of aromatic nitrogens is 4. The number of carbonyl (C=O) groups is 4. The van der Waals surface area contributed by atoms with Crippen molar-refractivity contribution in [2.75, 3.05) is 38.9 Å². The Morgan fingerprint density at radius 1 is 0.787 bits per heavy atom. The van der Waals surface area contributed by atoms with Crippen LogP contribution in [-0.4, -0.2) is 82.7 Å². The van der Waals surface area contributed by atoms with Crippen LogP contribution in [0.2, 0.25) is 0 Å². The number of aryl methyl sites for hydroxylation is 1. The first-order valence-electron chi connectivity index (χ1n) is 20.4. The number of imidazole rings is 2. The van der Waals surface area contributed by atoms with Gasteiger partial charge in [0, 0.05) is 18.9 Å². The van der Waals surface area contributed by atoms with E-state index in [4.69, 9.17) is 19.2 Å². The molecule has 0 aliphatic carbocycles. The molecule has 3 aliphatic rings. The second-order valence-corrected chi connectivity index (χ2v) is 15.5. The van der Waals surface area contributed by atoms with Gasteiger partial charge in [-0.3, -0.25) is 14.4 Å². The molecular formula is C47H45N7O7. The third-order valence-electron chi connectivity index (χ3n) is 11.9. The predicted octanol–water partition coefficient (Wildman–Crippen LogP) is 6.89. The van der Waals surface area contributed by atoms with E-state index >= 15 is 0 Å². The molecule has 310 valence electrons. The molecule has 9 rings (SSSR count). The van der Waals surface area contributed by atoms with Gasteiger partial charge in [-0.15, -0.1) is 0 Å². The molecule has 0 unspecified atom stereocenters. The molecule has 1 saturated heterocycles. The molecule has 4 aromatic carbocycles. The molecule has 0 spiro atoms. The summed E-state index contributed by atoms with van der Waals surface area (Å²) in [6.07, 6.45) is 4.87. The number of methoxy groups -OCH3 is 2. The highest BCUT2D eigenvalue weighted by Gasteiger charge is 2.43. The molecule has 14 nitrogen and oxygen atoms in total. The quantitative estimate of drug-likeness (QED) is 0.125. The van der Waals surface area contributed by atoms with Crippen LogP contribution in [-0.2, 0) is 41.4 Å². The molecule has 4 atom stereocenters. The number of morpholine rings is 1. The van der Waals surface area contributed by atoms with Crippen molar-refractivity contribution in [1.29, 1.82) is 0 Å². The summed E-state index contributed by atoms with van der Waals surface area (Å²) in [7, 11) is 2.62. The first-order chi connectivity index (χ1) is 29.8. The summed E-state index contributed by atoms with van der Waals surface area (Å²) in [5, 5.41) is 2.69. The van der Waals surface area contributed by atoms with Crippen LogP contribution in [0.1, 0.15) is 59.3 Å². The standard InChI is InChI=1S/C47H45N7O7/c1-59-40(55)24-35-20-19-33-9-6-10-34-23-38(54(42(33)34)45(35)56)43-48-25-36(50-43)30-15-11-28(12-16-30)29-13-17-31(18-14-29)37-26-49-44(51-37)39-27-61-22-21-53(39)46(57)41(52-47(58)60-2)32-7-4-3-5-8-32/h3-18,25-26,35,38-39,41H,19-24,27H2,1-2H3,(H,48,50)(H,49,51)(H,52,58)/t35-,38+,39+,41-/m1/s1. The molecule has 3 N–H and O–H groups in total. The minimum absolute atomic E-state index is 0.0546. The highest BCUT2D eigenvalue weighted by molar-refractivity contribution is 6.01. The molecule has 5 heterocycles. The van der Waals surface area contributed by atoms with E-state index in [2.05, 4.69) is 68.8 Å². The molecule has 0 radical (unpaired) electrons. The van der Waals surface area contributed by atoms with E-state index in [1.54, 1.807) is 23.2 Å². The molecule has 61 heavy (non-hydrogen) atoms. The fraction of sp³-hybridized carbons (Fsp3) is 0.277. The van der Waals surface area contributed by atoms with Crippen molar-refractivity contribution >= 4 is 29.6 Å². The SMILES string of the molecule is COC(=O)C[C@H]1CCc2cccc3c2N(C1=O)[C@H](c1ncc(-c2ccc(-c4ccc(-c5cnc([C@@H]6COCCN6C(=O)[C@H](NC(=O)OC)c6ccccc6)[nH]5)cc4)cc2)[nH]1)C3.